The SMILES string of the molecule is Cc1cccc2c1OCCC2NC1CC1. The normalized spacial score (nSPS) is 24.5. The molecular weight excluding hydrogens is 186 g/mol. The lowest BCUT2D eigenvalue weighted by Crippen LogP contribution is -2.28. The first kappa shape index (κ1) is 9.22. The summed E-state index contributed by atoms with van der Waals surface area (Å²) in [5, 5.41) is 3.70. The van der Waals surface area contributed by atoms with E-state index in [-0.39, 0.29) is 0 Å². The highest BCUT2D eigenvalue weighted by atomic mass is 16.5. The maximum atomic E-state index is 5.75. The van der Waals surface area contributed by atoms with Crippen molar-refractivity contribution in [3.63, 3.8) is 0 Å². The van der Waals surface area contributed by atoms with Gasteiger partial charge in [-0.3, -0.25) is 0 Å². The molecule has 1 unspecified atom stereocenters. The van der Waals surface area contributed by atoms with E-state index in [2.05, 4.69) is 30.4 Å². The van der Waals surface area contributed by atoms with E-state index in [1.807, 2.05) is 0 Å². The summed E-state index contributed by atoms with van der Waals surface area (Å²) in [5.41, 5.74) is 2.61. The van der Waals surface area contributed by atoms with Gasteiger partial charge in [0.25, 0.3) is 0 Å². The van der Waals surface area contributed by atoms with Gasteiger partial charge in [0.05, 0.1) is 6.61 Å². The summed E-state index contributed by atoms with van der Waals surface area (Å²) in [4.78, 5) is 0. The van der Waals surface area contributed by atoms with Crippen molar-refractivity contribution in [2.24, 2.45) is 0 Å². The fraction of sp³-hybridized carbons (Fsp3) is 0.538. The minimum Gasteiger partial charge on any atom is -0.493 e. The zero-order chi connectivity index (χ0) is 10.3. The second kappa shape index (κ2) is 3.53. The summed E-state index contributed by atoms with van der Waals surface area (Å²) in [6, 6.07) is 7.73. The number of aryl methyl sites for hydroxylation is 1. The molecule has 3 rings (SSSR count). The van der Waals surface area contributed by atoms with Gasteiger partial charge in [0, 0.05) is 24.1 Å². The van der Waals surface area contributed by atoms with Gasteiger partial charge in [-0.05, 0) is 25.3 Å². The number of benzene rings is 1. The highest BCUT2D eigenvalue weighted by molar-refractivity contribution is 5.43. The minimum absolute atomic E-state index is 0.515. The predicted molar refractivity (Wildman–Crippen MR) is 60.2 cm³/mol. The van der Waals surface area contributed by atoms with E-state index in [1.165, 1.54) is 24.0 Å². The van der Waals surface area contributed by atoms with E-state index < -0.39 is 0 Å². The Balaban J connectivity index is 1.91. The van der Waals surface area contributed by atoms with Crippen LogP contribution in [0.2, 0.25) is 0 Å². The van der Waals surface area contributed by atoms with E-state index in [0.717, 1.165) is 24.8 Å². The smallest absolute Gasteiger partial charge is 0.126 e. The molecule has 2 heteroatoms. The predicted octanol–water partition coefficient (Wildman–Crippen LogP) is 2.57. The average Bonchev–Trinajstić information content (AvgIpc) is 3.04. The first-order chi connectivity index (χ1) is 7.34. The van der Waals surface area contributed by atoms with Gasteiger partial charge < -0.3 is 10.1 Å². The molecule has 0 amide bonds. The maximum Gasteiger partial charge on any atom is 0.126 e. The molecule has 80 valence electrons. The van der Waals surface area contributed by atoms with Gasteiger partial charge in [-0.2, -0.15) is 0 Å². The molecule has 2 aliphatic rings. The summed E-state index contributed by atoms with van der Waals surface area (Å²) in [5.74, 6) is 1.11. The van der Waals surface area contributed by atoms with Crippen molar-refractivity contribution in [3.8, 4) is 5.75 Å². The molecule has 1 saturated carbocycles. The molecule has 1 aliphatic heterocycles. The van der Waals surface area contributed by atoms with E-state index in [1.54, 1.807) is 0 Å². The van der Waals surface area contributed by atoms with E-state index >= 15 is 0 Å². The molecule has 0 saturated heterocycles. The van der Waals surface area contributed by atoms with E-state index in [9.17, 15) is 0 Å². The van der Waals surface area contributed by atoms with Crippen molar-refractivity contribution in [3.05, 3.63) is 29.3 Å². The number of rotatable bonds is 2. The molecule has 1 aromatic carbocycles. The van der Waals surface area contributed by atoms with Crippen LogP contribution in [0.25, 0.3) is 0 Å². The first-order valence-corrected chi connectivity index (χ1v) is 5.83. The molecule has 1 aliphatic carbocycles. The Morgan fingerprint density at radius 1 is 1.27 bits per heavy atom. The third kappa shape index (κ3) is 1.74. The van der Waals surface area contributed by atoms with Crippen LogP contribution < -0.4 is 10.1 Å². The number of hydrogen-bond donors (Lipinski definition) is 1. The molecule has 1 atom stereocenters. The van der Waals surface area contributed by atoms with Crippen LogP contribution in [0.3, 0.4) is 0 Å². The molecule has 1 aromatic rings. The second-order valence-corrected chi connectivity index (χ2v) is 4.62. The van der Waals surface area contributed by atoms with Crippen molar-refractivity contribution < 1.29 is 4.74 Å². The lowest BCUT2D eigenvalue weighted by atomic mass is 9.98. The highest BCUT2D eigenvalue weighted by Crippen LogP contribution is 2.36. The molecule has 0 bridgehead atoms. The average molecular weight is 203 g/mol. The van der Waals surface area contributed by atoms with Crippen LogP contribution in [0.1, 0.15) is 36.4 Å². The van der Waals surface area contributed by atoms with Crippen LogP contribution in [-0.2, 0) is 0 Å². The topological polar surface area (TPSA) is 21.3 Å². The third-order valence-electron chi connectivity index (χ3n) is 3.28. The van der Waals surface area contributed by atoms with Crippen LogP contribution in [0, 0.1) is 6.92 Å². The van der Waals surface area contributed by atoms with E-state index in [0.29, 0.717) is 6.04 Å². The van der Waals surface area contributed by atoms with Crippen LogP contribution in [0.5, 0.6) is 5.75 Å². The third-order valence-corrected chi connectivity index (χ3v) is 3.28. The highest BCUT2D eigenvalue weighted by Gasteiger charge is 2.29. The van der Waals surface area contributed by atoms with Crippen LogP contribution in [0.15, 0.2) is 18.2 Å². The van der Waals surface area contributed by atoms with E-state index in [4.69, 9.17) is 4.74 Å². The van der Waals surface area contributed by atoms with Gasteiger partial charge >= 0.3 is 0 Å². The first-order valence-electron chi connectivity index (χ1n) is 5.83. The Bertz CT molecular complexity index is 371. The molecular formula is C13H17NO. The summed E-state index contributed by atoms with van der Waals surface area (Å²) < 4.78 is 5.75. The molecule has 0 aromatic heterocycles. The van der Waals surface area contributed by atoms with Crippen molar-refractivity contribution >= 4 is 0 Å². The van der Waals surface area contributed by atoms with Crippen LogP contribution >= 0.6 is 0 Å². The summed E-state index contributed by atoms with van der Waals surface area (Å²) in [6.07, 6.45) is 3.80. The lowest BCUT2D eigenvalue weighted by Gasteiger charge is -2.28. The largest absolute Gasteiger partial charge is 0.493 e. The van der Waals surface area contributed by atoms with Crippen molar-refractivity contribution in [1.29, 1.82) is 0 Å². The number of hydrogen-bond acceptors (Lipinski definition) is 2. The zero-order valence-corrected chi connectivity index (χ0v) is 9.12. The fourth-order valence-electron chi connectivity index (χ4n) is 2.29. The monoisotopic (exact) mass is 203 g/mol. The number of para-hydroxylation sites is 1. The molecule has 0 radical (unpaired) electrons. The van der Waals surface area contributed by atoms with Gasteiger partial charge in [-0.1, -0.05) is 18.2 Å². The van der Waals surface area contributed by atoms with Crippen LogP contribution in [-0.4, -0.2) is 12.6 Å². The lowest BCUT2D eigenvalue weighted by molar-refractivity contribution is 0.250. The maximum absolute atomic E-state index is 5.75. The molecule has 2 nitrogen and oxygen atoms in total. The number of ether oxygens (including phenoxy) is 1. The Hall–Kier alpha value is -1.02. The Morgan fingerprint density at radius 3 is 2.93 bits per heavy atom. The molecule has 0 spiro atoms. The number of nitrogens with one attached hydrogen (secondary N) is 1. The van der Waals surface area contributed by atoms with Gasteiger partial charge in [0.2, 0.25) is 0 Å². The Labute approximate surface area is 90.6 Å². The summed E-state index contributed by atoms with van der Waals surface area (Å²) in [7, 11) is 0. The van der Waals surface area contributed by atoms with Gasteiger partial charge in [-0.25, -0.2) is 0 Å². The number of fused-ring (bicyclic) bond motifs is 1. The summed E-state index contributed by atoms with van der Waals surface area (Å²) >= 11 is 0. The van der Waals surface area contributed by atoms with Gasteiger partial charge in [0.15, 0.2) is 0 Å². The standard InChI is InChI=1S/C13H17NO/c1-9-3-2-4-11-12(14-10-5-6-10)7-8-15-13(9)11/h2-4,10,12,14H,5-8H2,1H3. The van der Waals surface area contributed by atoms with Gasteiger partial charge in [-0.15, -0.1) is 0 Å². The fourth-order valence-corrected chi connectivity index (χ4v) is 2.29. The van der Waals surface area contributed by atoms with Crippen molar-refractivity contribution in [2.75, 3.05) is 6.61 Å². The molecule has 1 heterocycles. The Morgan fingerprint density at radius 2 is 2.13 bits per heavy atom. The van der Waals surface area contributed by atoms with Crippen LogP contribution in [0.4, 0.5) is 0 Å². The molecule has 1 fully saturated rings. The molecule has 1 N–H and O–H groups in total. The van der Waals surface area contributed by atoms with Gasteiger partial charge in [0.1, 0.15) is 5.75 Å². The minimum atomic E-state index is 0.515. The Kier molecular flexibility index (Phi) is 2.17. The quantitative estimate of drug-likeness (QED) is 0.797. The molecule has 15 heavy (non-hydrogen) atoms. The summed E-state index contributed by atoms with van der Waals surface area (Å²) in [6.45, 7) is 2.97. The van der Waals surface area contributed by atoms with Crippen molar-refractivity contribution in [2.45, 2.75) is 38.3 Å². The van der Waals surface area contributed by atoms with Crippen molar-refractivity contribution in [1.82, 2.24) is 5.32 Å². The zero-order valence-electron chi connectivity index (χ0n) is 9.12. The second-order valence-electron chi connectivity index (χ2n) is 4.62.